The van der Waals surface area contributed by atoms with Gasteiger partial charge < -0.3 is 46.0 Å². The maximum atomic E-state index is 13.5. The maximum absolute atomic E-state index is 13.5. The summed E-state index contributed by atoms with van der Waals surface area (Å²) in [5.74, 6) is -2.00. The van der Waals surface area contributed by atoms with E-state index in [1.54, 1.807) is 30.7 Å². The van der Waals surface area contributed by atoms with E-state index in [1.807, 2.05) is 61.5 Å². The van der Waals surface area contributed by atoms with E-state index >= 15 is 0 Å². The molecule has 5 N–H and O–H groups in total. The number of aryl methyl sites for hydroxylation is 1. The number of primary amides is 1. The third kappa shape index (κ3) is 14.1. The first-order chi connectivity index (χ1) is 27.7. The van der Waals surface area contributed by atoms with Crippen molar-refractivity contribution in [3.8, 4) is 0 Å². The highest BCUT2D eigenvalue weighted by molar-refractivity contribution is 5.95. The molecule has 5 atom stereocenters. The Kier molecular flexibility index (Phi) is 19.1. The van der Waals surface area contributed by atoms with Crippen molar-refractivity contribution in [3.05, 3.63) is 60.2 Å². The number of nitrogens with two attached hydrogens (primary N) is 1. The maximum Gasteiger partial charge on any atom is 0.329 e. The lowest BCUT2D eigenvalue weighted by atomic mass is 9.99. The Morgan fingerprint density at radius 1 is 0.828 bits per heavy atom. The van der Waals surface area contributed by atoms with Crippen molar-refractivity contribution in [2.24, 2.45) is 5.73 Å². The number of esters is 1. The van der Waals surface area contributed by atoms with Crippen LogP contribution in [0.25, 0.3) is 0 Å². The predicted molar refractivity (Wildman–Crippen MR) is 221 cm³/mol. The molecule has 0 saturated carbocycles. The Labute approximate surface area is 342 Å². The summed E-state index contributed by atoms with van der Waals surface area (Å²) in [6.07, 6.45) is 4.55. The number of piperidine rings is 1. The first kappa shape index (κ1) is 46.9. The smallest absolute Gasteiger partial charge is 0.329 e. The molecule has 2 aromatic rings. The topological polar surface area (TPSA) is 204 Å². The van der Waals surface area contributed by atoms with Gasteiger partial charge >= 0.3 is 5.97 Å². The molecule has 2 aromatic carbocycles. The van der Waals surface area contributed by atoms with E-state index in [4.69, 9.17) is 10.5 Å². The van der Waals surface area contributed by atoms with E-state index in [0.29, 0.717) is 58.1 Å². The van der Waals surface area contributed by atoms with E-state index in [1.165, 1.54) is 10.5 Å². The zero-order valence-corrected chi connectivity index (χ0v) is 34.8. The largest absolute Gasteiger partial charge is 0.461 e. The number of amides is 6. The molecular weight excluding hydrogens is 745 g/mol. The number of hydrogen-bond donors (Lipinski definition) is 4. The molecule has 58 heavy (non-hydrogen) atoms. The van der Waals surface area contributed by atoms with Gasteiger partial charge in [0.1, 0.15) is 30.3 Å². The summed E-state index contributed by atoms with van der Waals surface area (Å²) in [4.78, 5) is 92.0. The summed E-state index contributed by atoms with van der Waals surface area (Å²) in [6, 6.07) is 15.1. The second-order valence-electron chi connectivity index (χ2n) is 15.0. The number of ether oxygens (including phenoxy) is 1. The lowest BCUT2D eigenvalue weighted by Gasteiger charge is -2.38. The summed E-state index contributed by atoms with van der Waals surface area (Å²) >= 11 is 0. The molecule has 318 valence electrons. The van der Waals surface area contributed by atoms with Gasteiger partial charge in [-0.1, -0.05) is 35.9 Å². The molecule has 0 radical (unpaired) electrons. The molecule has 0 aromatic heterocycles. The van der Waals surface area contributed by atoms with Gasteiger partial charge in [-0.3, -0.25) is 28.8 Å². The third-order valence-electron chi connectivity index (χ3n) is 10.2. The number of anilines is 2. The zero-order chi connectivity index (χ0) is 42.8. The molecule has 0 bridgehead atoms. The molecule has 5 unspecified atom stereocenters. The molecule has 4 saturated heterocycles. The van der Waals surface area contributed by atoms with E-state index in [0.717, 1.165) is 24.2 Å². The molecule has 0 aliphatic carbocycles. The van der Waals surface area contributed by atoms with Crippen LogP contribution in [0.15, 0.2) is 54.6 Å². The van der Waals surface area contributed by atoms with Crippen LogP contribution in [0.3, 0.4) is 0 Å². The standard InChI is InChI=1S/C23H34N4O6.C9H12N2O.C7H8.C3H8N2O/c1-14-13-19(28)25-11-5-8-17(25)22(31)26-10-4-3-7-16(26)20(29)24-15(2)21(30)27-12-6-9-18(27)23(32)33-14;1-11(2)9-5-3-8(4-6-9)10-7-12;1-7-5-3-2-4-6-7;1-5-2-3(4)6/h14-18H,3-13H2,1-2H3,(H,24,29);3-7H,1-2H3,(H,10,12);2-6H,1H3;5H,2H2,1H3,(H2,4,6). The third-order valence-corrected chi connectivity index (χ3v) is 10.2. The molecule has 4 fully saturated rings. The first-order valence-electron chi connectivity index (χ1n) is 20.0. The van der Waals surface area contributed by atoms with Crippen LogP contribution in [0.5, 0.6) is 0 Å². The van der Waals surface area contributed by atoms with Gasteiger partial charge in [0.25, 0.3) is 0 Å². The van der Waals surface area contributed by atoms with Crippen molar-refractivity contribution in [1.29, 1.82) is 0 Å². The van der Waals surface area contributed by atoms with E-state index < -0.39 is 36.2 Å². The lowest BCUT2D eigenvalue weighted by Crippen LogP contribution is -2.59. The van der Waals surface area contributed by atoms with Gasteiger partial charge in [0.15, 0.2) is 0 Å². The molecule has 6 amide bonds. The van der Waals surface area contributed by atoms with Crippen molar-refractivity contribution < 1.29 is 38.3 Å². The van der Waals surface area contributed by atoms with Gasteiger partial charge in [-0.2, -0.15) is 0 Å². The molecular formula is C42H62N8O8. The molecule has 4 aliphatic heterocycles. The van der Waals surface area contributed by atoms with Gasteiger partial charge in [0, 0.05) is 45.1 Å². The van der Waals surface area contributed by atoms with Crippen LogP contribution in [0.4, 0.5) is 11.4 Å². The highest BCUT2D eigenvalue weighted by Gasteiger charge is 2.43. The number of benzene rings is 2. The summed E-state index contributed by atoms with van der Waals surface area (Å²) in [6.45, 7) is 6.97. The zero-order valence-electron chi connectivity index (χ0n) is 34.8. The summed E-state index contributed by atoms with van der Waals surface area (Å²) in [5, 5.41) is 7.95. The van der Waals surface area contributed by atoms with Crippen LogP contribution < -0.4 is 26.6 Å². The highest BCUT2D eigenvalue weighted by atomic mass is 16.5. The van der Waals surface area contributed by atoms with E-state index in [2.05, 4.69) is 35.0 Å². The second-order valence-corrected chi connectivity index (χ2v) is 15.0. The van der Waals surface area contributed by atoms with Gasteiger partial charge in [-0.25, -0.2) is 4.79 Å². The van der Waals surface area contributed by atoms with Crippen LogP contribution in [-0.2, 0) is 38.3 Å². The molecule has 4 heterocycles. The summed E-state index contributed by atoms with van der Waals surface area (Å²) in [7, 11) is 5.62. The SMILES string of the molecule is CC1CC(=O)N2CCCC2C(=O)N2CCCCC2C(=O)NC(C)C(=O)N2CCCC2C(=O)O1.CN(C)c1ccc(NC=O)cc1.CNCC(N)=O.Cc1ccccc1. The number of nitrogens with zero attached hydrogens (tertiary/aromatic N) is 4. The number of carbonyl (C=O) groups excluding carboxylic acids is 7. The molecule has 0 spiro atoms. The summed E-state index contributed by atoms with van der Waals surface area (Å²) < 4.78 is 5.54. The van der Waals surface area contributed by atoms with Crippen molar-refractivity contribution in [3.63, 3.8) is 0 Å². The van der Waals surface area contributed by atoms with Crippen LogP contribution in [0, 0.1) is 6.92 Å². The molecule has 4 aliphatic rings. The fraction of sp³-hybridized carbons (Fsp3) is 0.548. The van der Waals surface area contributed by atoms with Gasteiger partial charge in [-0.05, 0) is 97.0 Å². The van der Waals surface area contributed by atoms with Gasteiger partial charge in [0.05, 0.1) is 13.0 Å². The number of carbonyl (C=O) groups is 7. The van der Waals surface area contributed by atoms with Crippen molar-refractivity contribution >= 4 is 53.3 Å². The molecule has 16 heteroatoms. The molecule has 6 rings (SSSR count). The monoisotopic (exact) mass is 806 g/mol. The first-order valence-corrected chi connectivity index (χ1v) is 20.0. The number of fused-ring (bicyclic) bond motifs is 3. The van der Waals surface area contributed by atoms with Crippen molar-refractivity contribution in [2.75, 3.05) is 57.5 Å². The minimum absolute atomic E-state index is 0.0174. The normalized spacial score (nSPS) is 23.4. The average molecular weight is 807 g/mol. The van der Waals surface area contributed by atoms with Crippen LogP contribution in [-0.4, -0.2) is 134 Å². The average Bonchev–Trinajstić information content (AvgIpc) is 3.90. The Morgan fingerprint density at radius 2 is 1.41 bits per heavy atom. The predicted octanol–water partition coefficient (Wildman–Crippen LogP) is 2.20. The number of nitrogens with one attached hydrogen (secondary N) is 3. The van der Waals surface area contributed by atoms with Crippen molar-refractivity contribution in [1.82, 2.24) is 25.3 Å². The minimum atomic E-state index is -0.820. The fourth-order valence-electron chi connectivity index (χ4n) is 7.19. The Hall–Kier alpha value is -5.51. The van der Waals surface area contributed by atoms with E-state index in [9.17, 15) is 33.6 Å². The van der Waals surface area contributed by atoms with E-state index in [-0.39, 0.29) is 42.5 Å². The number of hydrogen-bond acceptors (Lipinski definition) is 10. The Morgan fingerprint density at radius 3 is 1.97 bits per heavy atom. The Balaban J connectivity index is 0.000000290. The van der Waals surface area contributed by atoms with Crippen LogP contribution >= 0.6 is 0 Å². The lowest BCUT2D eigenvalue weighted by molar-refractivity contribution is -0.160. The highest BCUT2D eigenvalue weighted by Crippen LogP contribution is 2.27. The van der Waals surface area contributed by atoms with Gasteiger partial charge in [0.2, 0.25) is 35.9 Å². The number of rotatable bonds is 5. The van der Waals surface area contributed by atoms with Gasteiger partial charge in [-0.15, -0.1) is 0 Å². The van der Waals surface area contributed by atoms with Crippen LogP contribution in [0.1, 0.15) is 70.8 Å². The quantitative estimate of drug-likeness (QED) is 0.256. The summed E-state index contributed by atoms with van der Waals surface area (Å²) in [5.41, 5.74) is 7.96. The Bertz CT molecular complexity index is 1670. The van der Waals surface area contributed by atoms with Crippen molar-refractivity contribution in [2.45, 2.75) is 102 Å². The number of likely N-dealkylation sites (N-methyl/N-ethyl adjacent to an activating group) is 1. The molecule has 16 nitrogen and oxygen atoms in total. The second kappa shape index (κ2) is 23.7. The van der Waals surface area contributed by atoms with Crippen LogP contribution in [0.2, 0.25) is 0 Å². The minimum Gasteiger partial charge on any atom is -0.461 e. The fourth-order valence-corrected chi connectivity index (χ4v) is 7.19. The number of cyclic esters (lactones) is 1.